The van der Waals surface area contributed by atoms with Crippen molar-refractivity contribution in [2.75, 3.05) is 13.7 Å². The summed E-state index contributed by atoms with van der Waals surface area (Å²) in [6, 6.07) is 0. The van der Waals surface area contributed by atoms with Gasteiger partial charge in [0.1, 0.15) is 5.69 Å². The zero-order valence-corrected chi connectivity index (χ0v) is 10.4. The maximum absolute atomic E-state index is 11.7. The molecule has 0 saturated heterocycles. The SMILES string of the molecule is COCCn1nc(C(C)=O)c2c1C1CCC2C1. The Balaban J connectivity index is 2.04. The fraction of sp³-hybridized carbons (Fsp3) is 0.692. The molecule has 0 aromatic carbocycles. The van der Waals surface area contributed by atoms with Crippen LogP contribution in [0.5, 0.6) is 0 Å². The molecule has 0 aliphatic heterocycles. The van der Waals surface area contributed by atoms with Gasteiger partial charge in [-0.3, -0.25) is 9.48 Å². The average Bonchev–Trinajstić information content (AvgIpc) is 2.97. The first-order chi connectivity index (χ1) is 8.22. The van der Waals surface area contributed by atoms with Crippen molar-refractivity contribution in [1.82, 2.24) is 9.78 Å². The van der Waals surface area contributed by atoms with Gasteiger partial charge in [0.05, 0.1) is 13.2 Å². The van der Waals surface area contributed by atoms with Crippen molar-refractivity contribution in [1.29, 1.82) is 0 Å². The average molecular weight is 234 g/mol. The van der Waals surface area contributed by atoms with Gasteiger partial charge < -0.3 is 4.74 Å². The topological polar surface area (TPSA) is 44.1 Å². The highest BCUT2D eigenvalue weighted by Gasteiger charge is 2.43. The highest BCUT2D eigenvalue weighted by atomic mass is 16.5. The van der Waals surface area contributed by atoms with Crippen LogP contribution in [0.25, 0.3) is 0 Å². The molecule has 17 heavy (non-hydrogen) atoms. The number of hydrogen-bond acceptors (Lipinski definition) is 3. The second kappa shape index (κ2) is 3.95. The van der Waals surface area contributed by atoms with Crippen molar-refractivity contribution < 1.29 is 9.53 Å². The Kier molecular flexibility index (Phi) is 2.54. The summed E-state index contributed by atoms with van der Waals surface area (Å²) in [4.78, 5) is 11.7. The number of carbonyl (C=O) groups excluding carboxylic acids is 1. The van der Waals surface area contributed by atoms with Gasteiger partial charge in [-0.1, -0.05) is 0 Å². The molecular weight excluding hydrogens is 216 g/mol. The standard InChI is InChI=1S/C13H18N2O2/c1-8(16)12-11-9-3-4-10(7-9)13(11)15(14-12)5-6-17-2/h9-10H,3-7H2,1-2H3. The van der Waals surface area contributed by atoms with E-state index in [1.807, 2.05) is 4.68 Å². The number of ether oxygens (including phenoxy) is 1. The first-order valence-electron chi connectivity index (χ1n) is 6.32. The molecule has 1 aromatic rings. The summed E-state index contributed by atoms with van der Waals surface area (Å²) in [7, 11) is 1.70. The van der Waals surface area contributed by atoms with E-state index in [1.165, 1.54) is 30.5 Å². The van der Waals surface area contributed by atoms with Gasteiger partial charge in [0.25, 0.3) is 0 Å². The Morgan fingerprint density at radius 2 is 2.24 bits per heavy atom. The maximum Gasteiger partial charge on any atom is 0.180 e. The Hall–Kier alpha value is -1.16. The van der Waals surface area contributed by atoms with Crippen molar-refractivity contribution in [2.45, 2.75) is 44.6 Å². The van der Waals surface area contributed by atoms with Crippen LogP contribution in [0.15, 0.2) is 0 Å². The number of rotatable bonds is 4. The zero-order valence-electron chi connectivity index (χ0n) is 10.4. The number of Topliss-reactive ketones (excluding diaryl/α,β-unsaturated/α-hetero) is 1. The molecule has 92 valence electrons. The van der Waals surface area contributed by atoms with Crippen LogP contribution in [-0.2, 0) is 11.3 Å². The summed E-state index contributed by atoms with van der Waals surface area (Å²) in [5, 5.41) is 4.50. The van der Waals surface area contributed by atoms with Crippen molar-refractivity contribution in [2.24, 2.45) is 0 Å². The Morgan fingerprint density at radius 3 is 2.94 bits per heavy atom. The lowest BCUT2D eigenvalue weighted by Gasteiger charge is -2.13. The number of methoxy groups -OCH3 is 1. The van der Waals surface area contributed by atoms with Crippen LogP contribution in [0, 0.1) is 0 Å². The van der Waals surface area contributed by atoms with E-state index in [0.29, 0.717) is 24.1 Å². The van der Waals surface area contributed by atoms with Gasteiger partial charge in [-0.25, -0.2) is 0 Å². The summed E-state index contributed by atoms with van der Waals surface area (Å²) < 4.78 is 7.12. The summed E-state index contributed by atoms with van der Waals surface area (Å²) >= 11 is 0. The van der Waals surface area contributed by atoms with E-state index in [-0.39, 0.29) is 5.78 Å². The minimum atomic E-state index is 0.102. The summed E-state index contributed by atoms with van der Waals surface area (Å²) in [5.74, 6) is 1.32. The second-order valence-corrected chi connectivity index (χ2v) is 5.13. The van der Waals surface area contributed by atoms with Crippen LogP contribution in [0.1, 0.15) is 59.8 Å². The van der Waals surface area contributed by atoms with E-state index in [9.17, 15) is 4.79 Å². The molecule has 2 atom stereocenters. The molecule has 0 radical (unpaired) electrons. The van der Waals surface area contributed by atoms with Crippen molar-refractivity contribution in [3.8, 4) is 0 Å². The van der Waals surface area contributed by atoms with Gasteiger partial charge >= 0.3 is 0 Å². The van der Waals surface area contributed by atoms with Gasteiger partial charge in [-0.15, -0.1) is 0 Å². The molecule has 1 saturated carbocycles. The molecule has 1 aromatic heterocycles. The highest BCUT2D eigenvalue weighted by molar-refractivity contribution is 5.94. The van der Waals surface area contributed by atoms with Crippen molar-refractivity contribution in [3.05, 3.63) is 17.0 Å². The lowest BCUT2D eigenvalue weighted by Crippen LogP contribution is -2.11. The lowest BCUT2D eigenvalue weighted by molar-refractivity contribution is 0.101. The summed E-state index contributed by atoms with van der Waals surface area (Å²) in [6.45, 7) is 3.04. The van der Waals surface area contributed by atoms with E-state index in [1.54, 1.807) is 14.0 Å². The lowest BCUT2D eigenvalue weighted by atomic mass is 9.94. The third-order valence-corrected chi connectivity index (χ3v) is 4.10. The van der Waals surface area contributed by atoms with Gasteiger partial charge in [-0.05, 0) is 25.2 Å². The number of fused-ring (bicyclic) bond motifs is 5. The first kappa shape index (κ1) is 11.0. The molecule has 0 amide bonds. The Labute approximate surface area is 101 Å². The minimum Gasteiger partial charge on any atom is -0.383 e. The van der Waals surface area contributed by atoms with E-state index >= 15 is 0 Å². The molecule has 1 heterocycles. The van der Waals surface area contributed by atoms with Gasteiger partial charge in [0, 0.05) is 31.2 Å². The third-order valence-electron chi connectivity index (χ3n) is 4.10. The molecule has 0 N–H and O–H groups in total. The molecule has 2 aliphatic carbocycles. The van der Waals surface area contributed by atoms with Crippen LogP contribution in [0.4, 0.5) is 0 Å². The van der Waals surface area contributed by atoms with Crippen LogP contribution in [-0.4, -0.2) is 29.3 Å². The molecule has 0 spiro atoms. The quantitative estimate of drug-likeness (QED) is 0.749. The molecular formula is C13H18N2O2. The fourth-order valence-electron chi connectivity index (χ4n) is 3.42. The van der Waals surface area contributed by atoms with E-state index in [2.05, 4.69) is 5.10 Å². The van der Waals surface area contributed by atoms with Crippen LogP contribution in [0.2, 0.25) is 0 Å². The molecule has 2 unspecified atom stereocenters. The third kappa shape index (κ3) is 1.54. The molecule has 4 nitrogen and oxygen atoms in total. The normalized spacial score (nSPS) is 25.3. The Morgan fingerprint density at radius 1 is 1.47 bits per heavy atom. The number of carbonyl (C=O) groups is 1. The monoisotopic (exact) mass is 234 g/mol. The van der Waals surface area contributed by atoms with E-state index < -0.39 is 0 Å². The molecule has 2 aliphatic rings. The predicted molar refractivity (Wildman–Crippen MR) is 63.4 cm³/mol. The van der Waals surface area contributed by atoms with Crippen molar-refractivity contribution in [3.63, 3.8) is 0 Å². The van der Waals surface area contributed by atoms with Crippen molar-refractivity contribution >= 4 is 5.78 Å². The highest BCUT2D eigenvalue weighted by Crippen LogP contribution is 2.54. The van der Waals surface area contributed by atoms with Gasteiger partial charge in [0.15, 0.2) is 5.78 Å². The number of aromatic nitrogens is 2. The van der Waals surface area contributed by atoms with E-state index in [4.69, 9.17) is 4.74 Å². The van der Waals surface area contributed by atoms with Crippen LogP contribution >= 0.6 is 0 Å². The zero-order chi connectivity index (χ0) is 12.0. The number of ketones is 1. The first-order valence-corrected chi connectivity index (χ1v) is 6.32. The van der Waals surface area contributed by atoms with Crippen LogP contribution in [0.3, 0.4) is 0 Å². The smallest absolute Gasteiger partial charge is 0.180 e. The molecule has 3 rings (SSSR count). The molecule has 4 heteroatoms. The number of nitrogens with zero attached hydrogens (tertiary/aromatic N) is 2. The maximum atomic E-state index is 11.7. The minimum absolute atomic E-state index is 0.102. The van der Waals surface area contributed by atoms with Gasteiger partial charge in [0.2, 0.25) is 0 Å². The molecule has 2 bridgehead atoms. The summed E-state index contributed by atoms with van der Waals surface area (Å²) in [6.07, 6.45) is 3.71. The second-order valence-electron chi connectivity index (χ2n) is 5.13. The summed E-state index contributed by atoms with van der Waals surface area (Å²) in [5.41, 5.74) is 3.29. The fourth-order valence-corrected chi connectivity index (χ4v) is 3.42. The predicted octanol–water partition coefficient (Wildman–Crippen LogP) is 2.10. The van der Waals surface area contributed by atoms with Crippen LogP contribution < -0.4 is 0 Å². The van der Waals surface area contributed by atoms with E-state index in [0.717, 1.165) is 6.54 Å². The molecule has 1 fully saturated rings. The largest absolute Gasteiger partial charge is 0.383 e. The number of hydrogen-bond donors (Lipinski definition) is 0. The van der Waals surface area contributed by atoms with Gasteiger partial charge in [-0.2, -0.15) is 5.10 Å². The Bertz CT molecular complexity index is 464.